The third-order valence-corrected chi connectivity index (χ3v) is 4.63. The van der Waals surface area contributed by atoms with Crippen molar-refractivity contribution in [3.63, 3.8) is 0 Å². The minimum absolute atomic E-state index is 0.174. The lowest BCUT2D eigenvalue weighted by Crippen LogP contribution is -2.29. The van der Waals surface area contributed by atoms with Gasteiger partial charge in [0.1, 0.15) is 11.6 Å². The van der Waals surface area contributed by atoms with Gasteiger partial charge in [-0.25, -0.2) is 8.78 Å². The summed E-state index contributed by atoms with van der Waals surface area (Å²) in [7, 11) is 0. The zero-order valence-electron chi connectivity index (χ0n) is 9.73. The van der Waals surface area contributed by atoms with E-state index in [4.69, 9.17) is 5.11 Å². The molecule has 1 saturated carbocycles. The molecule has 2 unspecified atom stereocenters. The van der Waals surface area contributed by atoms with E-state index in [9.17, 15) is 13.6 Å². The van der Waals surface area contributed by atoms with Gasteiger partial charge < -0.3 is 5.11 Å². The van der Waals surface area contributed by atoms with Crippen molar-refractivity contribution in [1.29, 1.82) is 0 Å². The van der Waals surface area contributed by atoms with Crippen LogP contribution in [-0.2, 0) is 4.79 Å². The molecule has 98 valence electrons. The monoisotopic (exact) mass is 272 g/mol. The van der Waals surface area contributed by atoms with E-state index >= 15 is 0 Å². The minimum atomic E-state index is -0.844. The topological polar surface area (TPSA) is 37.3 Å². The van der Waals surface area contributed by atoms with Gasteiger partial charge in [-0.1, -0.05) is 12.8 Å². The number of carboxylic acids is 1. The Balaban J connectivity index is 2.15. The number of carbonyl (C=O) groups is 1. The number of aliphatic carboxylic acids is 1. The van der Waals surface area contributed by atoms with Crippen LogP contribution in [0.1, 0.15) is 25.7 Å². The molecule has 18 heavy (non-hydrogen) atoms. The summed E-state index contributed by atoms with van der Waals surface area (Å²) < 4.78 is 26.6. The summed E-state index contributed by atoms with van der Waals surface area (Å²) in [5.74, 6) is -2.30. The summed E-state index contributed by atoms with van der Waals surface area (Å²) in [6.45, 7) is 0. The average molecular weight is 272 g/mol. The van der Waals surface area contributed by atoms with Crippen LogP contribution < -0.4 is 0 Å². The van der Waals surface area contributed by atoms with Gasteiger partial charge in [0, 0.05) is 10.1 Å². The molecule has 1 aliphatic carbocycles. The molecule has 2 nitrogen and oxygen atoms in total. The first-order chi connectivity index (χ1) is 8.58. The molecule has 5 heteroatoms. The van der Waals surface area contributed by atoms with Crippen LogP contribution in [0.2, 0.25) is 0 Å². The summed E-state index contributed by atoms with van der Waals surface area (Å²) in [5.41, 5.74) is 0. The van der Waals surface area contributed by atoms with E-state index < -0.39 is 23.5 Å². The minimum Gasteiger partial charge on any atom is -0.481 e. The van der Waals surface area contributed by atoms with Gasteiger partial charge in [-0.15, -0.1) is 11.8 Å². The molecule has 1 aliphatic rings. The van der Waals surface area contributed by atoms with Crippen molar-refractivity contribution in [3.8, 4) is 0 Å². The summed E-state index contributed by atoms with van der Waals surface area (Å²) in [5, 5.41) is 8.96. The number of hydrogen-bond donors (Lipinski definition) is 1. The van der Waals surface area contributed by atoms with Gasteiger partial charge in [0.2, 0.25) is 0 Å². The molecule has 0 spiro atoms. The number of rotatable bonds is 3. The zero-order valence-corrected chi connectivity index (χ0v) is 10.6. The van der Waals surface area contributed by atoms with Crippen LogP contribution in [0.15, 0.2) is 23.1 Å². The Kier molecular flexibility index (Phi) is 4.22. The van der Waals surface area contributed by atoms with Gasteiger partial charge in [-0.3, -0.25) is 4.79 Å². The number of carboxylic acid groups (broad SMARTS) is 1. The van der Waals surface area contributed by atoms with E-state index in [1.807, 2.05) is 0 Å². The molecule has 1 N–H and O–H groups in total. The van der Waals surface area contributed by atoms with E-state index in [-0.39, 0.29) is 10.1 Å². The fraction of sp³-hybridized carbons (Fsp3) is 0.462. The largest absolute Gasteiger partial charge is 0.481 e. The van der Waals surface area contributed by atoms with Crippen molar-refractivity contribution in [2.45, 2.75) is 35.8 Å². The Morgan fingerprint density at radius 1 is 1.28 bits per heavy atom. The van der Waals surface area contributed by atoms with Crippen molar-refractivity contribution in [2.75, 3.05) is 0 Å². The van der Waals surface area contributed by atoms with Gasteiger partial charge >= 0.3 is 5.97 Å². The summed E-state index contributed by atoms with van der Waals surface area (Å²) >= 11 is 1.15. The molecule has 0 radical (unpaired) electrons. The molecular weight excluding hydrogens is 258 g/mol. The highest BCUT2D eigenvalue weighted by atomic mass is 32.2. The van der Waals surface area contributed by atoms with Crippen LogP contribution in [0.5, 0.6) is 0 Å². The van der Waals surface area contributed by atoms with Gasteiger partial charge in [0.05, 0.1) is 5.92 Å². The third kappa shape index (κ3) is 3.02. The standard InChI is InChI=1S/C13H14F2O2S/c14-8-5-6-10(15)12(7-8)18-11-4-2-1-3-9(11)13(16)17/h5-7,9,11H,1-4H2,(H,16,17). The molecule has 0 amide bonds. The molecule has 1 aromatic carbocycles. The highest BCUT2D eigenvalue weighted by Crippen LogP contribution is 2.38. The summed E-state index contributed by atoms with van der Waals surface area (Å²) in [4.78, 5) is 11.3. The number of benzene rings is 1. The first kappa shape index (κ1) is 13.3. The van der Waals surface area contributed by atoms with Crippen LogP contribution in [0.25, 0.3) is 0 Å². The smallest absolute Gasteiger partial charge is 0.307 e. The van der Waals surface area contributed by atoms with Crippen molar-refractivity contribution in [1.82, 2.24) is 0 Å². The molecule has 0 saturated heterocycles. The Hall–Kier alpha value is -1.10. The Labute approximate surface area is 108 Å². The predicted molar refractivity (Wildman–Crippen MR) is 65.6 cm³/mol. The lowest BCUT2D eigenvalue weighted by molar-refractivity contribution is -0.142. The molecule has 1 fully saturated rings. The Morgan fingerprint density at radius 3 is 2.72 bits per heavy atom. The maximum absolute atomic E-state index is 13.5. The highest BCUT2D eigenvalue weighted by molar-refractivity contribution is 8.00. The number of halogens is 2. The van der Waals surface area contributed by atoms with E-state index in [1.165, 1.54) is 0 Å². The second kappa shape index (κ2) is 5.69. The fourth-order valence-corrected chi connectivity index (χ4v) is 3.64. The van der Waals surface area contributed by atoms with Crippen LogP contribution in [0.4, 0.5) is 8.78 Å². The first-order valence-corrected chi connectivity index (χ1v) is 6.80. The predicted octanol–water partition coefficient (Wildman–Crippen LogP) is 3.70. The molecule has 1 aromatic rings. The van der Waals surface area contributed by atoms with E-state index in [2.05, 4.69) is 0 Å². The van der Waals surface area contributed by atoms with Crippen molar-refractivity contribution >= 4 is 17.7 Å². The lowest BCUT2D eigenvalue weighted by atomic mass is 9.89. The Morgan fingerprint density at radius 2 is 2.00 bits per heavy atom. The van der Waals surface area contributed by atoms with Crippen molar-refractivity contribution < 1.29 is 18.7 Å². The number of thioether (sulfide) groups is 1. The van der Waals surface area contributed by atoms with E-state index in [1.54, 1.807) is 0 Å². The molecule has 2 rings (SSSR count). The molecule has 0 heterocycles. The van der Waals surface area contributed by atoms with Gasteiger partial charge in [0.15, 0.2) is 0 Å². The second-order valence-corrected chi connectivity index (χ2v) is 5.74. The maximum atomic E-state index is 13.5. The molecule has 0 bridgehead atoms. The molecule has 0 aliphatic heterocycles. The number of hydrogen-bond acceptors (Lipinski definition) is 2. The van der Waals surface area contributed by atoms with Crippen LogP contribution >= 0.6 is 11.8 Å². The van der Waals surface area contributed by atoms with Crippen LogP contribution in [-0.4, -0.2) is 16.3 Å². The highest BCUT2D eigenvalue weighted by Gasteiger charge is 2.32. The SMILES string of the molecule is O=C(O)C1CCCCC1Sc1cc(F)ccc1F. The molecular formula is C13H14F2O2S. The normalized spacial score (nSPS) is 23.9. The first-order valence-electron chi connectivity index (χ1n) is 5.92. The van der Waals surface area contributed by atoms with Gasteiger partial charge in [-0.2, -0.15) is 0 Å². The lowest BCUT2D eigenvalue weighted by Gasteiger charge is -2.28. The zero-order chi connectivity index (χ0) is 13.1. The Bertz CT molecular complexity index is 451. The van der Waals surface area contributed by atoms with E-state index in [0.29, 0.717) is 6.42 Å². The van der Waals surface area contributed by atoms with Crippen LogP contribution in [0, 0.1) is 17.6 Å². The third-order valence-electron chi connectivity index (χ3n) is 3.19. The average Bonchev–Trinajstić information content (AvgIpc) is 2.34. The molecule has 2 atom stereocenters. The van der Waals surface area contributed by atoms with Gasteiger partial charge in [-0.05, 0) is 31.0 Å². The van der Waals surface area contributed by atoms with E-state index in [0.717, 1.165) is 49.2 Å². The second-order valence-electron chi connectivity index (χ2n) is 4.46. The molecule has 0 aromatic heterocycles. The maximum Gasteiger partial charge on any atom is 0.307 e. The quantitative estimate of drug-likeness (QED) is 0.911. The van der Waals surface area contributed by atoms with Crippen molar-refractivity contribution in [2.24, 2.45) is 5.92 Å². The summed E-state index contributed by atoms with van der Waals surface area (Å²) in [6.07, 6.45) is 3.18. The van der Waals surface area contributed by atoms with Gasteiger partial charge in [0.25, 0.3) is 0 Å². The van der Waals surface area contributed by atoms with Crippen LogP contribution in [0.3, 0.4) is 0 Å². The van der Waals surface area contributed by atoms with Crippen molar-refractivity contribution in [3.05, 3.63) is 29.8 Å². The fourth-order valence-electron chi connectivity index (χ4n) is 2.25. The summed E-state index contributed by atoms with van der Waals surface area (Å²) in [6, 6.07) is 3.28.